The molecule has 0 aliphatic heterocycles. The third-order valence-corrected chi connectivity index (χ3v) is 2.84. The van der Waals surface area contributed by atoms with Gasteiger partial charge in [0.1, 0.15) is 0 Å². The van der Waals surface area contributed by atoms with Crippen LogP contribution < -0.4 is 5.63 Å². The highest BCUT2D eigenvalue weighted by molar-refractivity contribution is 9.10. The Morgan fingerprint density at radius 1 is 1.27 bits per heavy atom. The minimum Gasteiger partial charge on any atom is -0.336 e. The molecule has 2 rings (SSSR count). The molecule has 0 aliphatic rings. The number of rotatable bonds is 1. The van der Waals surface area contributed by atoms with E-state index in [-0.39, 0.29) is 5.63 Å². The largest absolute Gasteiger partial charge is 0.361 e. The molecular weight excluding hydrogens is 258 g/mol. The summed E-state index contributed by atoms with van der Waals surface area (Å²) in [6.07, 6.45) is 0. The molecular formula is C11H10BrNO2. The normalized spacial score (nSPS) is 10.6. The minimum absolute atomic E-state index is 0.282. The summed E-state index contributed by atoms with van der Waals surface area (Å²) in [7, 11) is 1.73. The van der Waals surface area contributed by atoms with E-state index < -0.39 is 0 Å². The van der Waals surface area contributed by atoms with E-state index in [9.17, 15) is 4.79 Å². The molecule has 0 N–H and O–H groups in total. The van der Waals surface area contributed by atoms with Gasteiger partial charge >= 0.3 is 5.63 Å². The Labute approximate surface area is 95.4 Å². The SMILES string of the molecule is Cc1c(-c2ccc(Br)cc2)n(C)oc1=O. The van der Waals surface area contributed by atoms with Crippen molar-refractivity contribution in [2.24, 2.45) is 7.05 Å². The Kier molecular flexibility index (Phi) is 2.52. The second kappa shape index (κ2) is 3.70. The summed E-state index contributed by atoms with van der Waals surface area (Å²) in [5, 5.41) is 0. The number of benzene rings is 1. The standard InChI is InChI=1S/C11H10BrNO2/c1-7-10(13(2)15-11(7)14)8-3-5-9(12)6-4-8/h3-6H,1-2H3. The van der Waals surface area contributed by atoms with Crippen molar-refractivity contribution in [2.45, 2.75) is 6.92 Å². The predicted molar refractivity (Wildman–Crippen MR) is 61.8 cm³/mol. The highest BCUT2D eigenvalue weighted by Crippen LogP contribution is 2.23. The third kappa shape index (κ3) is 1.77. The molecule has 0 fully saturated rings. The minimum atomic E-state index is -0.282. The zero-order chi connectivity index (χ0) is 11.0. The second-order valence-electron chi connectivity index (χ2n) is 3.36. The van der Waals surface area contributed by atoms with E-state index in [1.54, 1.807) is 14.0 Å². The van der Waals surface area contributed by atoms with Crippen LogP contribution in [0.1, 0.15) is 5.56 Å². The first-order chi connectivity index (χ1) is 7.09. The summed E-state index contributed by atoms with van der Waals surface area (Å²) in [4.78, 5) is 11.3. The lowest BCUT2D eigenvalue weighted by Crippen LogP contribution is -1.95. The quantitative estimate of drug-likeness (QED) is 0.797. The lowest BCUT2D eigenvalue weighted by atomic mass is 10.1. The van der Waals surface area contributed by atoms with Crippen molar-refractivity contribution in [1.29, 1.82) is 0 Å². The molecule has 0 saturated heterocycles. The average molecular weight is 268 g/mol. The number of hydrogen-bond donors (Lipinski definition) is 0. The predicted octanol–water partition coefficient (Wildman–Crippen LogP) is 2.72. The number of hydrogen-bond acceptors (Lipinski definition) is 2. The molecule has 1 aromatic heterocycles. The summed E-state index contributed by atoms with van der Waals surface area (Å²) < 4.78 is 7.49. The first-order valence-corrected chi connectivity index (χ1v) is 5.31. The molecule has 0 aliphatic carbocycles. The number of nitrogens with zero attached hydrogens (tertiary/aromatic N) is 1. The first kappa shape index (κ1) is 10.2. The van der Waals surface area contributed by atoms with Crippen LogP contribution in [0.15, 0.2) is 38.1 Å². The van der Waals surface area contributed by atoms with Gasteiger partial charge in [-0.15, -0.1) is 0 Å². The highest BCUT2D eigenvalue weighted by Gasteiger charge is 2.12. The van der Waals surface area contributed by atoms with Gasteiger partial charge in [-0.3, -0.25) is 0 Å². The van der Waals surface area contributed by atoms with Crippen LogP contribution in [0.3, 0.4) is 0 Å². The maximum absolute atomic E-state index is 11.3. The Morgan fingerprint density at radius 3 is 2.33 bits per heavy atom. The van der Waals surface area contributed by atoms with Gasteiger partial charge in [0.15, 0.2) is 0 Å². The van der Waals surface area contributed by atoms with Crippen LogP contribution in [0, 0.1) is 6.92 Å². The molecule has 0 bridgehead atoms. The van der Waals surface area contributed by atoms with Gasteiger partial charge in [-0.05, 0) is 19.1 Å². The summed E-state index contributed by atoms with van der Waals surface area (Å²) >= 11 is 3.37. The monoisotopic (exact) mass is 267 g/mol. The second-order valence-corrected chi connectivity index (χ2v) is 4.27. The maximum atomic E-state index is 11.3. The molecule has 0 radical (unpaired) electrons. The van der Waals surface area contributed by atoms with Crippen molar-refractivity contribution in [3.63, 3.8) is 0 Å². The molecule has 0 atom stereocenters. The van der Waals surface area contributed by atoms with Crippen LogP contribution in [0.4, 0.5) is 0 Å². The van der Waals surface area contributed by atoms with Crippen molar-refractivity contribution in [3.05, 3.63) is 44.7 Å². The molecule has 4 heteroatoms. The van der Waals surface area contributed by atoms with Crippen LogP contribution in [-0.2, 0) is 7.05 Å². The number of aryl methyl sites for hydroxylation is 1. The van der Waals surface area contributed by atoms with Crippen molar-refractivity contribution in [2.75, 3.05) is 0 Å². The Balaban J connectivity index is 2.63. The van der Waals surface area contributed by atoms with E-state index in [2.05, 4.69) is 15.9 Å². The van der Waals surface area contributed by atoms with Gasteiger partial charge in [0.05, 0.1) is 11.3 Å². The topological polar surface area (TPSA) is 35.1 Å². The van der Waals surface area contributed by atoms with Crippen LogP contribution in [0.2, 0.25) is 0 Å². The van der Waals surface area contributed by atoms with Gasteiger partial charge < -0.3 is 4.52 Å². The fourth-order valence-electron chi connectivity index (χ4n) is 1.58. The van der Waals surface area contributed by atoms with Crippen molar-refractivity contribution in [1.82, 2.24) is 4.74 Å². The van der Waals surface area contributed by atoms with Gasteiger partial charge in [-0.2, -0.15) is 0 Å². The highest BCUT2D eigenvalue weighted by atomic mass is 79.9. The van der Waals surface area contributed by atoms with Gasteiger partial charge in [-0.1, -0.05) is 28.1 Å². The molecule has 1 aromatic carbocycles. The van der Waals surface area contributed by atoms with E-state index in [0.717, 1.165) is 15.7 Å². The molecule has 0 spiro atoms. The van der Waals surface area contributed by atoms with Crippen LogP contribution in [0.5, 0.6) is 0 Å². The van der Waals surface area contributed by atoms with Crippen molar-refractivity contribution in [3.8, 4) is 11.3 Å². The van der Waals surface area contributed by atoms with E-state index in [1.165, 1.54) is 4.74 Å². The zero-order valence-electron chi connectivity index (χ0n) is 8.45. The molecule has 3 nitrogen and oxygen atoms in total. The van der Waals surface area contributed by atoms with E-state index in [4.69, 9.17) is 4.52 Å². The molecule has 0 amide bonds. The van der Waals surface area contributed by atoms with Gasteiger partial charge in [0, 0.05) is 17.1 Å². The fraction of sp³-hybridized carbons (Fsp3) is 0.182. The molecule has 0 unspecified atom stereocenters. The smallest absolute Gasteiger partial charge is 0.336 e. The zero-order valence-corrected chi connectivity index (χ0v) is 10.0. The van der Waals surface area contributed by atoms with Crippen molar-refractivity contribution < 1.29 is 4.52 Å². The molecule has 15 heavy (non-hydrogen) atoms. The first-order valence-electron chi connectivity index (χ1n) is 4.52. The maximum Gasteiger partial charge on any atom is 0.361 e. The third-order valence-electron chi connectivity index (χ3n) is 2.31. The molecule has 2 aromatic rings. The molecule has 1 heterocycles. The molecule has 78 valence electrons. The van der Waals surface area contributed by atoms with Gasteiger partial charge in [-0.25, -0.2) is 9.53 Å². The molecule has 0 saturated carbocycles. The van der Waals surface area contributed by atoms with E-state index >= 15 is 0 Å². The fourth-order valence-corrected chi connectivity index (χ4v) is 1.84. The van der Waals surface area contributed by atoms with Gasteiger partial charge in [0.25, 0.3) is 0 Å². The lowest BCUT2D eigenvalue weighted by Gasteiger charge is -2.02. The van der Waals surface area contributed by atoms with Gasteiger partial charge in [0.2, 0.25) is 0 Å². The average Bonchev–Trinajstić information content (AvgIpc) is 2.44. The summed E-state index contributed by atoms with van der Waals surface area (Å²) in [5.74, 6) is 0. The van der Waals surface area contributed by atoms with Crippen molar-refractivity contribution >= 4 is 15.9 Å². The van der Waals surface area contributed by atoms with Crippen LogP contribution >= 0.6 is 15.9 Å². The van der Waals surface area contributed by atoms with Crippen LogP contribution in [-0.4, -0.2) is 4.74 Å². The summed E-state index contributed by atoms with van der Waals surface area (Å²) in [6.45, 7) is 1.77. The summed E-state index contributed by atoms with van der Waals surface area (Å²) in [5.41, 5.74) is 2.16. The number of aromatic nitrogens is 1. The Morgan fingerprint density at radius 2 is 1.87 bits per heavy atom. The van der Waals surface area contributed by atoms with Crippen LogP contribution in [0.25, 0.3) is 11.3 Å². The van der Waals surface area contributed by atoms with E-state index in [0.29, 0.717) is 5.56 Å². The number of halogens is 1. The summed E-state index contributed by atoms with van der Waals surface area (Å²) in [6, 6.07) is 7.77. The Hall–Kier alpha value is -1.29. The van der Waals surface area contributed by atoms with E-state index in [1.807, 2.05) is 24.3 Å². The Bertz CT molecular complexity index is 537. The lowest BCUT2D eigenvalue weighted by molar-refractivity contribution is 0.288.